The van der Waals surface area contributed by atoms with E-state index in [0.717, 1.165) is 6.07 Å². The number of nitriles is 1. The second-order valence-electron chi connectivity index (χ2n) is 3.77. The minimum atomic E-state index is -1.41. The molecule has 0 amide bonds. The summed E-state index contributed by atoms with van der Waals surface area (Å²) in [6.45, 7) is 0. The fourth-order valence-corrected chi connectivity index (χ4v) is 2.02. The van der Waals surface area contributed by atoms with E-state index >= 15 is 0 Å². The number of rotatable bonds is 3. The van der Waals surface area contributed by atoms with Gasteiger partial charge in [0.2, 0.25) is 0 Å². The molecular formula is C14H7BrFNO3. The predicted octanol–water partition coefficient (Wildman–Crippen LogP) is 3.95. The number of carboxylic acids is 1. The molecule has 6 heteroatoms. The van der Waals surface area contributed by atoms with Crippen LogP contribution in [-0.2, 0) is 0 Å². The van der Waals surface area contributed by atoms with E-state index in [2.05, 4.69) is 15.9 Å². The van der Waals surface area contributed by atoms with E-state index in [1.165, 1.54) is 30.3 Å². The Hall–Kier alpha value is -2.39. The topological polar surface area (TPSA) is 70.3 Å². The normalized spacial score (nSPS) is 9.85. The fraction of sp³-hybridized carbons (Fsp3) is 0. The first-order chi connectivity index (χ1) is 9.52. The first-order valence-corrected chi connectivity index (χ1v) is 6.21. The highest BCUT2D eigenvalue weighted by Gasteiger charge is 2.17. The van der Waals surface area contributed by atoms with Crippen LogP contribution >= 0.6 is 15.9 Å². The van der Waals surface area contributed by atoms with Gasteiger partial charge in [0, 0.05) is 4.47 Å². The van der Waals surface area contributed by atoms with E-state index in [1.807, 2.05) is 6.07 Å². The summed E-state index contributed by atoms with van der Waals surface area (Å²) in [5.41, 5.74) is -0.122. The molecule has 2 aromatic carbocycles. The molecule has 0 bridgehead atoms. The number of ether oxygens (including phenoxy) is 1. The highest BCUT2D eigenvalue weighted by molar-refractivity contribution is 9.10. The molecule has 2 aromatic rings. The van der Waals surface area contributed by atoms with Gasteiger partial charge in [0.05, 0.1) is 5.56 Å². The van der Waals surface area contributed by atoms with E-state index < -0.39 is 17.3 Å². The highest BCUT2D eigenvalue weighted by Crippen LogP contribution is 2.30. The fourth-order valence-electron chi connectivity index (χ4n) is 1.57. The number of aromatic carboxylic acids is 1. The third-order valence-electron chi connectivity index (χ3n) is 2.48. The molecule has 0 fully saturated rings. The van der Waals surface area contributed by atoms with Crippen LogP contribution in [0.15, 0.2) is 40.9 Å². The van der Waals surface area contributed by atoms with E-state index in [4.69, 9.17) is 15.1 Å². The van der Waals surface area contributed by atoms with Gasteiger partial charge in [-0.2, -0.15) is 5.26 Å². The second kappa shape index (κ2) is 5.72. The van der Waals surface area contributed by atoms with Crippen molar-refractivity contribution in [2.75, 3.05) is 0 Å². The zero-order valence-corrected chi connectivity index (χ0v) is 11.5. The van der Waals surface area contributed by atoms with Crippen LogP contribution in [0.5, 0.6) is 11.5 Å². The number of carbonyl (C=O) groups is 1. The van der Waals surface area contributed by atoms with Gasteiger partial charge >= 0.3 is 5.97 Å². The molecule has 0 saturated heterocycles. The molecule has 0 aliphatic carbocycles. The number of hydrogen-bond donors (Lipinski definition) is 1. The maximum atomic E-state index is 13.5. The monoisotopic (exact) mass is 335 g/mol. The molecular weight excluding hydrogens is 329 g/mol. The summed E-state index contributed by atoms with van der Waals surface area (Å²) in [6.07, 6.45) is 0. The van der Waals surface area contributed by atoms with Crippen molar-refractivity contribution in [1.82, 2.24) is 0 Å². The second-order valence-corrected chi connectivity index (χ2v) is 4.63. The Kier molecular flexibility index (Phi) is 4.01. The van der Waals surface area contributed by atoms with Crippen molar-refractivity contribution in [3.63, 3.8) is 0 Å². The van der Waals surface area contributed by atoms with Crippen LogP contribution in [0.1, 0.15) is 15.9 Å². The number of hydrogen-bond acceptors (Lipinski definition) is 3. The lowest BCUT2D eigenvalue weighted by Gasteiger charge is -2.09. The summed E-state index contributed by atoms with van der Waals surface area (Å²) >= 11 is 3.19. The summed E-state index contributed by atoms with van der Waals surface area (Å²) in [5.74, 6) is -2.09. The standard InChI is InChI=1S/C14H7BrFNO3/c15-10-6-9(5-4-8(10)7-17)20-12-3-1-2-11(16)13(12)14(18)19/h1-6H,(H,18,19). The molecule has 0 spiro atoms. The number of halogens is 2. The molecule has 0 aliphatic rings. The molecule has 0 unspecified atom stereocenters. The van der Waals surface area contributed by atoms with Crippen molar-refractivity contribution < 1.29 is 19.0 Å². The van der Waals surface area contributed by atoms with Crippen molar-refractivity contribution in [2.24, 2.45) is 0 Å². The Morgan fingerprint density at radius 3 is 2.70 bits per heavy atom. The molecule has 100 valence electrons. The molecule has 1 N–H and O–H groups in total. The minimum absolute atomic E-state index is 0.103. The molecule has 0 atom stereocenters. The first kappa shape index (κ1) is 14.0. The summed E-state index contributed by atoms with van der Waals surface area (Å²) in [7, 11) is 0. The van der Waals surface area contributed by atoms with Crippen LogP contribution < -0.4 is 4.74 Å². The van der Waals surface area contributed by atoms with E-state index in [-0.39, 0.29) is 5.75 Å². The molecule has 0 heterocycles. The van der Waals surface area contributed by atoms with Gasteiger partial charge in [-0.3, -0.25) is 0 Å². The summed E-state index contributed by atoms with van der Waals surface area (Å²) in [4.78, 5) is 11.0. The quantitative estimate of drug-likeness (QED) is 0.921. The van der Waals surface area contributed by atoms with Crippen molar-refractivity contribution in [3.05, 3.63) is 57.8 Å². The number of carboxylic acid groups (broad SMARTS) is 1. The molecule has 0 aliphatic heterocycles. The van der Waals surface area contributed by atoms with Crippen LogP contribution in [0, 0.1) is 17.1 Å². The lowest BCUT2D eigenvalue weighted by Crippen LogP contribution is -2.03. The SMILES string of the molecule is N#Cc1ccc(Oc2cccc(F)c2C(=O)O)cc1Br. The van der Waals surface area contributed by atoms with Gasteiger partial charge in [0.1, 0.15) is 28.9 Å². The van der Waals surface area contributed by atoms with E-state index in [0.29, 0.717) is 15.8 Å². The lowest BCUT2D eigenvalue weighted by atomic mass is 10.2. The molecule has 0 aromatic heterocycles. The van der Waals surface area contributed by atoms with Gasteiger partial charge in [-0.15, -0.1) is 0 Å². The van der Waals surface area contributed by atoms with Crippen LogP contribution in [0.3, 0.4) is 0 Å². The molecule has 0 radical (unpaired) electrons. The van der Waals surface area contributed by atoms with Crippen molar-refractivity contribution in [3.8, 4) is 17.6 Å². The lowest BCUT2D eigenvalue weighted by molar-refractivity contribution is 0.0689. The van der Waals surface area contributed by atoms with Crippen LogP contribution in [-0.4, -0.2) is 11.1 Å². The Morgan fingerprint density at radius 1 is 1.35 bits per heavy atom. The molecule has 20 heavy (non-hydrogen) atoms. The number of nitrogens with zero attached hydrogens (tertiary/aromatic N) is 1. The van der Waals surface area contributed by atoms with E-state index in [9.17, 15) is 9.18 Å². The maximum Gasteiger partial charge on any atom is 0.342 e. The Balaban J connectivity index is 2.41. The number of benzene rings is 2. The van der Waals surface area contributed by atoms with Gasteiger partial charge in [0.25, 0.3) is 0 Å². The molecule has 2 rings (SSSR count). The van der Waals surface area contributed by atoms with Gasteiger partial charge in [0.15, 0.2) is 0 Å². The van der Waals surface area contributed by atoms with Gasteiger partial charge < -0.3 is 9.84 Å². The van der Waals surface area contributed by atoms with Gasteiger partial charge in [-0.05, 0) is 46.3 Å². The highest BCUT2D eigenvalue weighted by atomic mass is 79.9. The average Bonchev–Trinajstić information content (AvgIpc) is 2.38. The third kappa shape index (κ3) is 2.78. The first-order valence-electron chi connectivity index (χ1n) is 5.42. The van der Waals surface area contributed by atoms with Gasteiger partial charge in [-0.25, -0.2) is 9.18 Å². The maximum absolute atomic E-state index is 13.5. The van der Waals surface area contributed by atoms with Crippen LogP contribution in [0.25, 0.3) is 0 Å². The Morgan fingerprint density at radius 2 is 2.10 bits per heavy atom. The zero-order chi connectivity index (χ0) is 14.7. The predicted molar refractivity (Wildman–Crippen MR) is 72.3 cm³/mol. The minimum Gasteiger partial charge on any atom is -0.477 e. The van der Waals surface area contributed by atoms with Crippen molar-refractivity contribution in [2.45, 2.75) is 0 Å². The Labute approximate surface area is 122 Å². The summed E-state index contributed by atoms with van der Waals surface area (Å²) < 4.78 is 19.4. The van der Waals surface area contributed by atoms with Crippen molar-refractivity contribution >= 4 is 21.9 Å². The third-order valence-corrected chi connectivity index (χ3v) is 3.13. The van der Waals surface area contributed by atoms with E-state index in [1.54, 1.807) is 0 Å². The van der Waals surface area contributed by atoms with Gasteiger partial charge in [-0.1, -0.05) is 6.07 Å². The average molecular weight is 336 g/mol. The smallest absolute Gasteiger partial charge is 0.342 e. The summed E-state index contributed by atoms with van der Waals surface area (Å²) in [6, 6.07) is 10.3. The van der Waals surface area contributed by atoms with Crippen LogP contribution in [0.2, 0.25) is 0 Å². The van der Waals surface area contributed by atoms with Crippen LogP contribution in [0.4, 0.5) is 4.39 Å². The molecule has 4 nitrogen and oxygen atoms in total. The zero-order valence-electron chi connectivity index (χ0n) is 9.93. The largest absolute Gasteiger partial charge is 0.477 e. The summed E-state index contributed by atoms with van der Waals surface area (Å²) in [5, 5.41) is 17.8. The van der Waals surface area contributed by atoms with Crippen molar-refractivity contribution in [1.29, 1.82) is 5.26 Å². The molecule has 0 saturated carbocycles. The Bertz CT molecular complexity index is 725.